The van der Waals surface area contributed by atoms with Crippen LogP contribution in [0.2, 0.25) is 0 Å². The van der Waals surface area contributed by atoms with Crippen LogP contribution >= 0.6 is 0 Å². The molecule has 1 rings (SSSR count). The third-order valence-corrected chi connectivity index (χ3v) is 2.42. The van der Waals surface area contributed by atoms with E-state index in [1.54, 1.807) is 13.1 Å². The molecule has 98 valence electrons. The molecule has 0 unspecified atom stereocenters. The summed E-state index contributed by atoms with van der Waals surface area (Å²) >= 11 is 0. The van der Waals surface area contributed by atoms with E-state index in [0.29, 0.717) is 18.7 Å². The van der Waals surface area contributed by atoms with Crippen molar-refractivity contribution >= 4 is 11.6 Å². The van der Waals surface area contributed by atoms with Crippen molar-refractivity contribution in [2.45, 2.75) is 6.42 Å². The first-order valence-electron chi connectivity index (χ1n) is 5.54. The van der Waals surface area contributed by atoms with Crippen LogP contribution in [0.4, 0.5) is 5.69 Å². The molecule has 0 bridgehead atoms. The molecule has 2 N–H and O–H groups in total. The summed E-state index contributed by atoms with van der Waals surface area (Å²) in [6.45, 7) is 0.500. The second kappa shape index (κ2) is 7.37. The van der Waals surface area contributed by atoms with Gasteiger partial charge >= 0.3 is 0 Å². The Hall–Kier alpha value is -1.97. The first-order chi connectivity index (χ1) is 8.74. The van der Waals surface area contributed by atoms with E-state index in [4.69, 9.17) is 14.6 Å². The molecule has 1 aromatic carbocycles. The van der Waals surface area contributed by atoms with Gasteiger partial charge in [-0.05, 0) is 17.7 Å². The molecular weight excluding hydrogens is 234 g/mol. The number of anilines is 1. The number of carbonyl (C=O) groups excluding carboxylic acids is 1. The fourth-order valence-corrected chi connectivity index (χ4v) is 1.52. The highest BCUT2D eigenvalue weighted by atomic mass is 16.5. The quantitative estimate of drug-likeness (QED) is 0.559. The van der Waals surface area contributed by atoms with Gasteiger partial charge in [-0.2, -0.15) is 0 Å². The lowest BCUT2D eigenvalue weighted by molar-refractivity contribution is 0.286. The summed E-state index contributed by atoms with van der Waals surface area (Å²) in [4.78, 5) is 10.5. The maximum absolute atomic E-state index is 10.5. The number of methoxy groups -OCH3 is 2. The Kier molecular flexibility index (Phi) is 5.77. The highest BCUT2D eigenvalue weighted by molar-refractivity contribution is 5.59. The molecule has 5 nitrogen and oxygen atoms in total. The molecule has 0 heterocycles. The van der Waals surface area contributed by atoms with E-state index in [1.807, 2.05) is 18.2 Å². The van der Waals surface area contributed by atoms with E-state index in [0.717, 1.165) is 11.3 Å². The molecule has 1 aromatic rings. The van der Waals surface area contributed by atoms with Crippen LogP contribution in [-0.2, 0) is 16.0 Å². The van der Waals surface area contributed by atoms with Crippen molar-refractivity contribution in [3.63, 3.8) is 0 Å². The molecule has 5 heteroatoms. The van der Waals surface area contributed by atoms with Gasteiger partial charge in [-0.25, -0.2) is 4.79 Å². The molecule has 0 amide bonds. The molecule has 0 spiro atoms. The van der Waals surface area contributed by atoms with Gasteiger partial charge in [0.25, 0.3) is 0 Å². The fraction of sp³-hybridized carbons (Fsp3) is 0.385. The molecule has 0 aliphatic rings. The fourth-order valence-electron chi connectivity index (χ4n) is 1.52. The molecular formula is C13H17NO4. The van der Waals surface area contributed by atoms with Crippen molar-refractivity contribution in [3.8, 4) is 5.75 Å². The van der Waals surface area contributed by atoms with Crippen molar-refractivity contribution in [1.29, 1.82) is 0 Å². The Morgan fingerprint density at radius 1 is 1.44 bits per heavy atom. The Morgan fingerprint density at radius 2 is 2.22 bits per heavy atom. The van der Waals surface area contributed by atoms with Gasteiger partial charge in [-0.15, -0.1) is 0 Å². The van der Waals surface area contributed by atoms with Crippen LogP contribution in [0, 0.1) is 0 Å². The van der Waals surface area contributed by atoms with Crippen LogP contribution in [0.1, 0.15) is 5.56 Å². The second-order valence-corrected chi connectivity index (χ2v) is 3.59. The number of hydrogen-bond donors (Lipinski definition) is 2. The summed E-state index contributed by atoms with van der Waals surface area (Å²) in [5, 5.41) is 11.8. The molecule has 0 saturated carbocycles. The average Bonchev–Trinajstić information content (AvgIpc) is 2.42. The zero-order valence-electron chi connectivity index (χ0n) is 10.5. The van der Waals surface area contributed by atoms with Gasteiger partial charge in [0.15, 0.2) is 11.7 Å². The van der Waals surface area contributed by atoms with Gasteiger partial charge < -0.3 is 19.9 Å². The number of hydrogen-bond acceptors (Lipinski definition) is 5. The predicted octanol–water partition coefficient (Wildman–Crippen LogP) is 1.00. The van der Waals surface area contributed by atoms with Crippen LogP contribution in [0.3, 0.4) is 0 Å². The number of allylic oxidation sites excluding steroid dienone is 1. The van der Waals surface area contributed by atoms with Crippen LogP contribution < -0.4 is 10.1 Å². The average molecular weight is 251 g/mol. The molecule has 0 aliphatic carbocycles. The predicted molar refractivity (Wildman–Crippen MR) is 68.5 cm³/mol. The molecule has 0 saturated heterocycles. The monoisotopic (exact) mass is 251 g/mol. The van der Waals surface area contributed by atoms with Crippen LogP contribution in [-0.4, -0.2) is 38.4 Å². The molecule has 18 heavy (non-hydrogen) atoms. The van der Waals surface area contributed by atoms with Crippen molar-refractivity contribution in [1.82, 2.24) is 0 Å². The third kappa shape index (κ3) is 3.80. The minimum absolute atomic E-state index is 0.0482. The number of ether oxygens (including phenoxy) is 2. The second-order valence-electron chi connectivity index (χ2n) is 3.59. The number of aliphatic hydroxyl groups excluding tert-OH is 1. The van der Waals surface area contributed by atoms with Gasteiger partial charge in [-0.1, -0.05) is 6.07 Å². The minimum Gasteiger partial charge on any atom is -0.495 e. The topological polar surface area (TPSA) is 67.8 Å². The van der Waals surface area contributed by atoms with Crippen molar-refractivity contribution in [3.05, 3.63) is 29.5 Å². The first kappa shape index (κ1) is 14.1. The van der Waals surface area contributed by atoms with Crippen molar-refractivity contribution in [2.75, 3.05) is 32.7 Å². The van der Waals surface area contributed by atoms with E-state index in [9.17, 15) is 4.79 Å². The van der Waals surface area contributed by atoms with E-state index in [1.165, 1.54) is 7.11 Å². The highest BCUT2D eigenvalue weighted by Gasteiger charge is 2.06. The summed E-state index contributed by atoms with van der Waals surface area (Å²) in [5.41, 5.74) is 1.69. The Bertz CT molecular complexity index is 439. The normalized spacial score (nSPS) is 9.50. The van der Waals surface area contributed by atoms with Gasteiger partial charge in [0.1, 0.15) is 5.75 Å². The number of benzene rings is 1. The number of aliphatic hydroxyl groups is 1. The lowest BCUT2D eigenvalue weighted by Crippen LogP contribution is -2.07. The maximum atomic E-state index is 10.5. The summed E-state index contributed by atoms with van der Waals surface area (Å²) < 4.78 is 10.1. The van der Waals surface area contributed by atoms with Gasteiger partial charge in [0.2, 0.25) is 0 Å². The molecule has 0 aliphatic heterocycles. The lowest BCUT2D eigenvalue weighted by atomic mass is 10.1. The number of rotatable bonds is 7. The van der Waals surface area contributed by atoms with Gasteiger partial charge in [0, 0.05) is 13.0 Å². The standard InChI is InChI=1S/C13H17NO4/c1-17-11(9-16)7-10-3-4-12(14-5-6-15)13(8-10)18-2/h3-4,8,14-15H,5-7H2,1-2H3. The van der Waals surface area contributed by atoms with E-state index in [-0.39, 0.29) is 12.4 Å². The summed E-state index contributed by atoms with van der Waals surface area (Å²) in [6, 6.07) is 5.51. The highest BCUT2D eigenvalue weighted by Crippen LogP contribution is 2.26. The Labute approximate surface area is 106 Å². The minimum atomic E-state index is 0.0482. The summed E-state index contributed by atoms with van der Waals surface area (Å²) in [5.74, 6) is 2.64. The van der Waals surface area contributed by atoms with Crippen LogP contribution in [0.5, 0.6) is 5.75 Å². The largest absolute Gasteiger partial charge is 0.495 e. The smallest absolute Gasteiger partial charge is 0.183 e. The zero-order valence-corrected chi connectivity index (χ0v) is 10.5. The summed E-state index contributed by atoms with van der Waals surface area (Å²) in [7, 11) is 3.00. The molecule has 0 aromatic heterocycles. The Morgan fingerprint density at radius 3 is 2.78 bits per heavy atom. The van der Waals surface area contributed by atoms with Gasteiger partial charge in [-0.3, -0.25) is 0 Å². The third-order valence-electron chi connectivity index (χ3n) is 2.42. The van der Waals surface area contributed by atoms with Crippen LogP contribution in [0.25, 0.3) is 0 Å². The van der Waals surface area contributed by atoms with E-state index >= 15 is 0 Å². The molecule has 0 atom stereocenters. The molecule has 0 radical (unpaired) electrons. The van der Waals surface area contributed by atoms with Crippen LogP contribution in [0.15, 0.2) is 24.0 Å². The van der Waals surface area contributed by atoms with E-state index < -0.39 is 0 Å². The van der Waals surface area contributed by atoms with Crippen molar-refractivity contribution in [2.24, 2.45) is 0 Å². The lowest BCUT2D eigenvalue weighted by Gasteiger charge is -2.12. The summed E-state index contributed by atoms with van der Waals surface area (Å²) in [6.07, 6.45) is 0.372. The maximum Gasteiger partial charge on any atom is 0.183 e. The van der Waals surface area contributed by atoms with Gasteiger partial charge in [0.05, 0.1) is 26.5 Å². The first-order valence-corrected chi connectivity index (χ1v) is 5.54. The van der Waals surface area contributed by atoms with Crippen molar-refractivity contribution < 1.29 is 19.4 Å². The number of nitrogens with one attached hydrogen (secondary N) is 1. The molecule has 0 fully saturated rings. The SMILES string of the molecule is COC(=C=O)Cc1ccc(NCCO)c(OC)c1. The van der Waals surface area contributed by atoms with E-state index in [2.05, 4.69) is 5.32 Å². The zero-order chi connectivity index (χ0) is 13.4. The Balaban J connectivity index is 2.87.